The average Bonchev–Trinajstić information content (AvgIpc) is 2.35. The van der Waals surface area contributed by atoms with Gasteiger partial charge in [0.05, 0.1) is 6.07 Å². The fourth-order valence-corrected chi connectivity index (χ4v) is 1.64. The van der Waals surface area contributed by atoms with E-state index in [1.807, 2.05) is 6.07 Å². The molecule has 17 heavy (non-hydrogen) atoms. The summed E-state index contributed by atoms with van der Waals surface area (Å²) in [5.41, 5.74) is 1.33. The molecule has 3 heteroatoms. The first-order valence-electron chi connectivity index (χ1n) is 6.06. The van der Waals surface area contributed by atoms with Gasteiger partial charge in [0.2, 0.25) is 0 Å². The SMILES string of the molecule is CC(CNCCC#N)N(C)Cc1ccccc1. The van der Waals surface area contributed by atoms with Gasteiger partial charge in [0.25, 0.3) is 0 Å². The molecule has 0 aliphatic heterocycles. The van der Waals surface area contributed by atoms with Gasteiger partial charge in [0, 0.05) is 32.1 Å². The molecule has 1 atom stereocenters. The van der Waals surface area contributed by atoms with Crippen LogP contribution < -0.4 is 5.32 Å². The molecule has 1 aromatic rings. The highest BCUT2D eigenvalue weighted by molar-refractivity contribution is 5.14. The predicted molar refractivity (Wildman–Crippen MR) is 70.5 cm³/mol. The van der Waals surface area contributed by atoms with E-state index < -0.39 is 0 Å². The lowest BCUT2D eigenvalue weighted by atomic mass is 10.2. The minimum atomic E-state index is 0.467. The molecule has 3 nitrogen and oxygen atoms in total. The van der Waals surface area contributed by atoms with Crippen molar-refractivity contribution < 1.29 is 0 Å². The van der Waals surface area contributed by atoms with Crippen LogP contribution in [0.5, 0.6) is 0 Å². The van der Waals surface area contributed by atoms with Crippen molar-refractivity contribution in [3.63, 3.8) is 0 Å². The number of rotatable bonds is 7. The van der Waals surface area contributed by atoms with Gasteiger partial charge in [-0.05, 0) is 19.5 Å². The lowest BCUT2D eigenvalue weighted by Crippen LogP contribution is -2.37. The van der Waals surface area contributed by atoms with E-state index in [9.17, 15) is 0 Å². The van der Waals surface area contributed by atoms with Crippen LogP contribution in [0.15, 0.2) is 30.3 Å². The summed E-state index contributed by atoms with van der Waals surface area (Å²) in [5.74, 6) is 0. The average molecular weight is 231 g/mol. The molecule has 92 valence electrons. The number of hydrogen-bond acceptors (Lipinski definition) is 3. The van der Waals surface area contributed by atoms with Crippen molar-refractivity contribution in [2.45, 2.75) is 25.9 Å². The molecule has 0 aromatic heterocycles. The summed E-state index contributed by atoms with van der Waals surface area (Å²) in [6, 6.07) is 13.1. The number of hydrogen-bond donors (Lipinski definition) is 1. The van der Waals surface area contributed by atoms with E-state index in [1.54, 1.807) is 0 Å². The summed E-state index contributed by atoms with van der Waals surface area (Å²) < 4.78 is 0. The van der Waals surface area contributed by atoms with E-state index in [1.165, 1.54) is 5.56 Å². The second kappa shape index (κ2) is 7.83. The maximum Gasteiger partial charge on any atom is 0.0635 e. The first kappa shape index (κ1) is 13.7. The van der Waals surface area contributed by atoms with E-state index in [0.29, 0.717) is 12.5 Å². The molecule has 1 rings (SSSR count). The molecule has 1 aromatic carbocycles. The van der Waals surface area contributed by atoms with Crippen molar-refractivity contribution in [2.24, 2.45) is 0 Å². The van der Waals surface area contributed by atoms with Gasteiger partial charge >= 0.3 is 0 Å². The van der Waals surface area contributed by atoms with Crippen molar-refractivity contribution in [2.75, 3.05) is 20.1 Å². The normalized spacial score (nSPS) is 12.4. The smallest absolute Gasteiger partial charge is 0.0635 e. The largest absolute Gasteiger partial charge is 0.314 e. The van der Waals surface area contributed by atoms with E-state index in [4.69, 9.17) is 5.26 Å². The highest BCUT2D eigenvalue weighted by atomic mass is 15.1. The van der Waals surface area contributed by atoms with Crippen LogP contribution in [0.25, 0.3) is 0 Å². The molecular formula is C14H21N3. The van der Waals surface area contributed by atoms with Gasteiger partial charge in [-0.3, -0.25) is 4.90 Å². The van der Waals surface area contributed by atoms with Crippen LogP contribution in [0.2, 0.25) is 0 Å². The first-order valence-corrected chi connectivity index (χ1v) is 6.06. The van der Waals surface area contributed by atoms with Crippen molar-refractivity contribution in [1.29, 1.82) is 5.26 Å². The van der Waals surface area contributed by atoms with E-state index in [2.05, 4.69) is 54.5 Å². The summed E-state index contributed by atoms with van der Waals surface area (Å²) in [7, 11) is 2.13. The second-order valence-corrected chi connectivity index (χ2v) is 4.36. The van der Waals surface area contributed by atoms with Crippen LogP contribution in [0.3, 0.4) is 0 Å². The van der Waals surface area contributed by atoms with Gasteiger partial charge < -0.3 is 5.32 Å². The van der Waals surface area contributed by atoms with Gasteiger partial charge in [-0.25, -0.2) is 0 Å². The Morgan fingerprint density at radius 3 is 2.71 bits per heavy atom. The van der Waals surface area contributed by atoms with Crippen LogP contribution in [0.1, 0.15) is 18.9 Å². The number of nitrogens with zero attached hydrogens (tertiary/aromatic N) is 2. The summed E-state index contributed by atoms with van der Waals surface area (Å²) in [5, 5.41) is 11.7. The number of likely N-dealkylation sites (N-methyl/N-ethyl adjacent to an activating group) is 1. The van der Waals surface area contributed by atoms with Crippen LogP contribution in [0, 0.1) is 11.3 Å². The fourth-order valence-electron chi connectivity index (χ4n) is 1.64. The number of nitriles is 1. The highest BCUT2D eigenvalue weighted by Crippen LogP contribution is 2.05. The summed E-state index contributed by atoms with van der Waals surface area (Å²) in [6.07, 6.45) is 0.578. The second-order valence-electron chi connectivity index (χ2n) is 4.36. The minimum absolute atomic E-state index is 0.467. The number of benzene rings is 1. The van der Waals surface area contributed by atoms with Crippen LogP contribution in [-0.2, 0) is 6.54 Å². The Morgan fingerprint density at radius 1 is 1.35 bits per heavy atom. The Labute approximate surface area is 104 Å². The number of nitrogens with one attached hydrogen (secondary N) is 1. The molecule has 0 spiro atoms. The van der Waals surface area contributed by atoms with Gasteiger partial charge in [0.1, 0.15) is 0 Å². The third-order valence-corrected chi connectivity index (χ3v) is 2.88. The third kappa shape index (κ3) is 5.48. The zero-order valence-electron chi connectivity index (χ0n) is 10.7. The zero-order valence-corrected chi connectivity index (χ0v) is 10.7. The predicted octanol–water partition coefficient (Wildman–Crippen LogP) is 2.01. The lowest BCUT2D eigenvalue weighted by molar-refractivity contribution is 0.243. The quantitative estimate of drug-likeness (QED) is 0.730. The molecule has 0 saturated heterocycles. The fraction of sp³-hybridized carbons (Fsp3) is 0.500. The van der Waals surface area contributed by atoms with Crippen LogP contribution in [0.4, 0.5) is 0 Å². The van der Waals surface area contributed by atoms with Gasteiger partial charge in [-0.2, -0.15) is 5.26 Å². The van der Waals surface area contributed by atoms with Crippen LogP contribution >= 0.6 is 0 Å². The molecule has 1 N–H and O–H groups in total. The molecular weight excluding hydrogens is 210 g/mol. The van der Waals surface area contributed by atoms with Crippen molar-refractivity contribution >= 4 is 0 Å². The molecule has 0 heterocycles. The molecule has 0 amide bonds. The topological polar surface area (TPSA) is 39.1 Å². The Balaban J connectivity index is 2.27. The van der Waals surface area contributed by atoms with Crippen molar-refractivity contribution in [3.8, 4) is 6.07 Å². The summed E-state index contributed by atoms with van der Waals surface area (Å²) >= 11 is 0. The monoisotopic (exact) mass is 231 g/mol. The van der Waals surface area contributed by atoms with Gasteiger partial charge in [-0.1, -0.05) is 30.3 Å². The molecule has 0 fully saturated rings. The lowest BCUT2D eigenvalue weighted by Gasteiger charge is -2.25. The Bertz CT molecular complexity index is 342. The summed E-state index contributed by atoms with van der Waals surface area (Å²) in [6.45, 7) is 4.86. The van der Waals surface area contributed by atoms with E-state index in [0.717, 1.165) is 19.6 Å². The van der Waals surface area contributed by atoms with Crippen LogP contribution in [-0.4, -0.2) is 31.1 Å². The molecule has 0 aliphatic rings. The third-order valence-electron chi connectivity index (χ3n) is 2.88. The van der Waals surface area contributed by atoms with Crippen molar-refractivity contribution in [1.82, 2.24) is 10.2 Å². The zero-order chi connectivity index (χ0) is 12.5. The van der Waals surface area contributed by atoms with Gasteiger partial charge in [0.15, 0.2) is 0 Å². The Morgan fingerprint density at radius 2 is 2.06 bits per heavy atom. The molecule has 1 unspecified atom stereocenters. The highest BCUT2D eigenvalue weighted by Gasteiger charge is 2.08. The molecule has 0 radical (unpaired) electrons. The molecule has 0 saturated carbocycles. The van der Waals surface area contributed by atoms with Gasteiger partial charge in [-0.15, -0.1) is 0 Å². The maximum atomic E-state index is 8.44. The summed E-state index contributed by atoms with van der Waals surface area (Å²) in [4.78, 5) is 2.31. The van der Waals surface area contributed by atoms with E-state index >= 15 is 0 Å². The van der Waals surface area contributed by atoms with E-state index in [-0.39, 0.29) is 0 Å². The standard InChI is InChI=1S/C14H21N3/c1-13(11-16-10-6-9-15)17(2)12-14-7-4-3-5-8-14/h3-5,7-8,13,16H,6,10-12H2,1-2H3. The Kier molecular flexibility index (Phi) is 6.31. The van der Waals surface area contributed by atoms with Crippen molar-refractivity contribution in [3.05, 3.63) is 35.9 Å². The minimum Gasteiger partial charge on any atom is -0.314 e. The maximum absolute atomic E-state index is 8.44. The first-order chi connectivity index (χ1) is 8.24. The Hall–Kier alpha value is -1.37. The molecule has 0 aliphatic carbocycles. The molecule has 0 bridgehead atoms.